The van der Waals surface area contributed by atoms with Gasteiger partial charge in [-0.1, -0.05) is 24.3 Å². The molecule has 1 atom stereocenters. The van der Waals surface area contributed by atoms with Crippen LogP contribution < -0.4 is 4.74 Å². The Hall–Kier alpha value is -2.93. The molecule has 6 nitrogen and oxygen atoms in total. The highest BCUT2D eigenvalue weighted by molar-refractivity contribution is 5.98. The van der Waals surface area contributed by atoms with Crippen LogP contribution in [0.3, 0.4) is 0 Å². The van der Waals surface area contributed by atoms with E-state index in [0.29, 0.717) is 37.6 Å². The largest absolute Gasteiger partial charge is 0.493 e. The minimum atomic E-state index is -1.15. The van der Waals surface area contributed by atoms with E-state index in [4.69, 9.17) is 4.74 Å². The fourth-order valence-corrected chi connectivity index (χ4v) is 5.34. The Balaban J connectivity index is 1.29. The van der Waals surface area contributed by atoms with Crippen molar-refractivity contribution in [3.8, 4) is 16.9 Å². The summed E-state index contributed by atoms with van der Waals surface area (Å²) in [5.41, 5.74) is 1.52. The van der Waals surface area contributed by atoms with Crippen LogP contribution in [-0.4, -0.2) is 85.1 Å². The molecule has 0 saturated carbocycles. The number of carbonyl (C=O) groups is 2. The third-order valence-corrected chi connectivity index (χ3v) is 7.35. The number of nitrogens with zero attached hydrogens (tertiary/aromatic N) is 3. The van der Waals surface area contributed by atoms with E-state index in [0.717, 1.165) is 49.2 Å². The Bertz CT molecular complexity index is 1050. The monoisotopic (exact) mass is 509 g/mol. The van der Waals surface area contributed by atoms with E-state index < -0.39 is 5.67 Å². The van der Waals surface area contributed by atoms with Gasteiger partial charge < -0.3 is 19.4 Å². The van der Waals surface area contributed by atoms with Crippen molar-refractivity contribution in [3.63, 3.8) is 0 Å². The number of likely N-dealkylation sites (N-methyl/N-ethyl adjacent to an activating group) is 1. The maximum absolute atomic E-state index is 13.9. The van der Waals surface area contributed by atoms with E-state index >= 15 is 0 Å². The zero-order valence-electron chi connectivity index (χ0n) is 22.6. The van der Waals surface area contributed by atoms with Gasteiger partial charge in [0.05, 0.1) is 6.61 Å². The summed E-state index contributed by atoms with van der Waals surface area (Å²) in [6.45, 7) is 6.90. The lowest BCUT2D eigenvalue weighted by atomic mass is 9.97. The van der Waals surface area contributed by atoms with Crippen LogP contribution in [0.25, 0.3) is 11.1 Å². The molecule has 2 heterocycles. The highest BCUT2D eigenvalue weighted by Gasteiger charge is 2.35. The molecule has 0 spiro atoms. The van der Waals surface area contributed by atoms with E-state index in [2.05, 4.69) is 4.90 Å². The van der Waals surface area contributed by atoms with Crippen LogP contribution >= 0.6 is 0 Å². The first-order valence-electron chi connectivity index (χ1n) is 13.4. The maximum atomic E-state index is 13.9. The van der Waals surface area contributed by atoms with E-state index in [-0.39, 0.29) is 17.9 Å². The molecule has 2 aromatic rings. The van der Waals surface area contributed by atoms with Crippen LogP contribution in [0, 0.1) is 5.92 Å². The third kappa shape index (κ3) is 7.10. The predicted molar refractivity (Wildman–Crippen MR) is 144 cm³/mol. The van der Waals surface area contributed by atoms with Crippen molar-refractivity contribution in [1.82, 2.24) is 14.7 Å². The van der Waals surface area contributed by atoms with Crippen LogP contribution in [0.5, 0.6) is 5.75 Å². The maximum Gasteiger partial charge on any atom is 0.254 e. The fourth-order valence-electron chi connectivity index (χ4n) is 5.34. The summed E-state index contributed by atoms with van der Waals surface area (Å²) >= 11 is 0. The first-order valence-corrected chi connectivity index (χ1v) is 13.4. The second-order valence-corrected chi connectivity index (χ2v) is 11.2. The van der Waals surface area contributed by atoms with Crippen molar-refractivity contribution in [2.45, 2.75) is 51.2 Å². The second-order valence-electron chi connectivity index (χ2n) is 11.2. The van der Waals surface area contributed by atoms with Crippen LogP contribution in [0.1, 0.15) is 49.9 Å². The molecule has 2 saturated heterocycles. The quantitative estimate of drug-likeness (QED) is 0.509. The minimum Gasteiger partial charge on any atom is -0.493 e. The molecule has 2 aromatic carbocycles. The smallest absolute Gasteiger partial charge is 0.254 e. The molecule has 4 rings (SSSR count). The highest BCUT2D eigenvalue weighted by atomic mass is 19.1. The first kappa shape index (κ1) is 27.1. The Labute approximate surface area is 220 Å². The number of carbonyl (C=O) groups excluding carboxylic acids is 2. The molecule has 200 valence electrons. The van der Waals surface area contributed by atoms with Gasteiger partial charge in [-0.3, -0.25) is 9.59 Å². The van der Waals surface area contributed by atoms with Gasteiger partial charge >= 0.3 is 0 Å². The standard InChI is InChI=1S/C30H40FN3O3/c1-30(2,31)21-33-18-15-22(16-19-33)20-37-26-13-11-24(12-14-26)23-7-9-25(10-8-23)28(35)34-17-5-6-27(34)29(36)32(3)4/h7-14,22,27H,5-6,15-21H2,1-4H3/t27-/m1/s1. The van der Waals surface area contributed by atoms with Crippen molar-refractivity contribution in [1.29, 1.82) is 0 Å². The molecule has 2 aliphatic rings. The van der Waals surface area contributed by atoms with Crippen LogP contribution in [-0.2, 0) is 4.79 Å². The van der Waals surface area contributed by atoms with Gasteiger partial charge in [-0.25, -0.2) is 4.39 Å². The van der Waals surface area contributed by atoms with Crippen LogP contribution in [0.15, 0.2) is 48.5 Å². The van der Waals surface area contributed by atoms with E-state index in [1.165, 1.54) is 0 Å². The number of benzene rings is 2. The SMILES string of the molecule is CN(C)C(=O)[C@H]1CCCN1C(=O)c1ccc(-c2ccc(OCC3CCN(CC(C)(C)F)CC3)cc2)cc1. The minimum absolute atomic E-state index is 0.0175. The Morgan fingerprint density at radius 1 is 0.946 bits per heavy atom. The van der Waals surface area contributed by atoms with Gasteiger partial charge in [-0.15, -0.1) is 0 Å². The molecule has 37 heavy (non-hydrogen) atoms. The van der Waals surface area contributed by atoms with E-state index in [9.17, 15) is 14.0 Å². The number of ether oxygens (including phenoxy) is 1. The van der Waals surface area contributed by atoms with Crippen molar-refractivity contribution in [2.75, 3.05) is 46.9 Å². The lowest BCUT2D eigenvalue weighted by Crippen LogP contribution is -2.45. The molecule has 0 unspecified atom stereocenters. The zero-order valence-corrected chi connectivity index (χ0v) is 22.6. The number of rotatable bonds is 8. The summed E-state index contributed by atoms with van der Waals surface area (Å²) in [7, 11) is 3.46. The molecule has 0 N–H and O–H groups in total. The van der Waals surface area contributed by atoms with Crippen molar-refractivity contribution in [3.05, 3.63) is 54.1 Å². The molecule has 0 radical (unpaired) electrons. The van der Waals surface area contributed by atoms with Crippen molar-refractivity contribution in [2.24, 2.45) is 5.92 Å². The lowest BCUT2D eigenvalue weighted by Gasteiger charge is -2.34. The lowest BCUT2D eigenvalue weighted by molar-refractivity contribution is -0.132. The Morgan fingerprint density at radius 2 is 1.54 bits per heavy atom. The van der Waals surface area contributed by atoms with Gasteiger partial charge in [0, 0.05) is 32.7 Å². The number of hydrogen-bond donors (Lipinski definition) is 0. The number of likely N-dealkylation sites (tertiary alicyclic amines) is 2. The summed E-state index contributed by atoms with van der Waals surface area (Å²) in [6.07, 6.45) is 3.62. The van der Waals surface area contributed by atoms with Crippen LogP contribution in [0.2, 0.25) is 0 Å². The summed E-state index contributed by atoms with van der Waals surface area (Å²) in [6, 6.07) is 15.2. The van der Waals surface area contributed by atoms with Gasteiger partial charge in [0.2, 0.25) is 5.91 Å². The van der Waals surface area contributed by atoms with Gasteiger partial charge in [0.1, 0.15) is 17.5 Å². The average molecular weight is 510 g/mol. The van der Waals surface area contributed by atoms with E-state index in [1.807, 2.05) is 48.5 Å². The Morgan fingerprint density at radius 3 is 2.11 bits per heavy atom. The Kier molecular flexibility index (Phi) is 8.53. The van der Waals surface area contributed by atoms with Crippen molar-refractivity contribution < 1.29 is 18.7 Å². The second kappa shape index (κ2) is 11.6. The summed E-state index contributed by atoms with van der Waals surface area (Å²) in [4.78, 5) is 31.0. The van der Waals surface area contributed by atoms with Gasteiger partial charge in [-0.05, 0) is 93.9 Å². The molecular formula is C30H40FN3O3. The molecule has 2 fully saturated rings. The fraction of sp³-hybridized carbons (Fsp3) is 0.533. The number of amides is 2. The summed E-state index contributed by atoms with van der Waals surface area (Å²) in [5.74, 6) is 1.23. The summed E-state index contributed by atoms with van der Waals surface area (Å²) in [5, 5.41) is 0. The molecule has 7 heteroatoms. The summed E-state index contributed by atoms with van der Waals surface area (Å²) < 4.78 is 19.9. The molecule has 0 aliphatic carbocycles. The van der Waals surface area contributed by atoms with Gasteiger partial charge in [-0.2, -0.15) is 0 Å². The van der Waals surface area contributed by atoms with Gasteiger partial charge in [0.15, 0.2) is 0 Å². The molecule has 2 amide bonds. The molecule has 2 aliphatic heterocycles. The van der Waals surface area contributed by atoms with Crippen molar-refractivity contribution >= 4 is 11.8 Å². The number of alkyl halides is 1. The van der Waals surface area contributed by atoms with Crippen LogP contribution in [0.4, 0.5) is 4.39 Å². The third-order valence-electron chi connectivity index (χ3n) is 7.35. The zero-order chi connectivity index (χ0) is 26.6. The van der Waals surface area contributed by atoms with Gasteiger partial charge in [0.25, 0.3) is 5.91 Å². The average Bonchev–Trinajstić information content (AvgIpc) is 3.37. The highest BCUT2D eigenvalue weighted by Crippen LogP contribution is 2.27. The molecular weight excluding hydrogens is 469 g/mol. The predicted octanol–water partition coefficient (Wildman–Crippen LogP) is 4.89. The number of piperidine rings is 1. The van der Waals surface area contributed by atoms with E-state index in [1.54, 1.807) is 37.7 Å². The first-order chi connectivity index (χ1) is 17.6. The topological polar surface area (TPSA) is 53.1 Å². The molecule has 0 bridgehead atoms. The molecule has 0 aromatic heterocycles. The normalized spacial score (nSPS) is 19.2. The number of hydrogen-bond acceptors (Lipinski definition) is 4. The number of halogens is 1.